The lowest BCUT2D eigenvalue weighted by molar-refractivity contribution is 0.114. The average Bonchev–Trinajstić information content (AvgIpc) is 3.11. The molecule has 0 radical (unpaired) electrons. The minimum absolute atomic E-state index is 0. The number of nitrogens with zero attached hydrogens (tertiary/aromatic N) is 1. The van der Waals surface area contributed by atoms with Gasteiger partial charge in [0, 0.05) is 19.7 Å². The smallest absolute Gasteiger partial charge is 0.240 e. The minimum atomic E-state index is -3.40. The molecule has 1 aliphatic heterocycles. The molecule has 25 heavy (non-hydrogen) atoms. The second kappa shape index (κ2) is 10.9. The van der Waals surface area contributed by atoms with Gasteiger partial charge in [-0.25, -0.2) is 18.1 Å². The first-order valence-electron chi connectivity index (χ1n) is 8.21. The zero-order chi connectivity index (χ0) is 17.4. The van der Waals surface area contributed by atoms with Gasteiger partial charge >= 0.3 is 0 Å². The summed E-state index contributed by atoms with van der Waals surface area (Å²) in [6.07, 6.45) is 2.44. The van der Waals surface area contributed by atoms with Gasteiger partial charge < -0.3 is 15.4 Å². The molecule has 0 aromatic heterocycles. The number of ether oxygens (including phenoxy) is 1. The van der Waals surface area contributed by atoms with Crippen LogP contribution in [-0.2, 0) is 21.3 Å². The van der Waals surface area contributed by atoms with Crippen molar-refractivity contribution in [3.8, 4) is 0 Å². The molecule has 1 atom stereocenters. The molecule has 1 heterocycles. The van der Waals surface area contributed by atoms with Crippen molar-refractivity contribution in [2.24, 2.45) is 4.99 Å². The minimum Gasteiger partial charge on any atom is -0.376 e. The molecule has 1 aromatic carbocycles. The molecule has 1 aliphatic rings. The highest BCUT2D eigenvalue weighted by Gasteiger charge is 2.15. The van der Waals surface area contributed by atoms with Crippen molar-refractivity contribution in [3.63, 3.8) is 0 Å². The molecule has 142 valence electrons. The van der Waals surface area contributed by atoms with Crippen LogP contribution >= 0.6 is 24.0 Å². The number of hydrogen-bond donors (Lipinski definition) is 3. The average molecular weight is 482 g/mol. The van der Waals surface area contributed by atoms with E-state index in [1.165, 1.54) is 7.05 Å². The van der Waals surface area contributed by atoms with Crippen LogP contribution < -0.4 is 15.4 Å². The van der Waals surface area contributed by atoms with E-state index in [9.17, 15) is 8.42 Å². The number of halogens is 1. The summed E-state index contributed by atoms with van der Waals surface area (Å²) in [4.78, 5) is 4.78. The summed E-state index contributed by atoms with van der Waals surface area (Å²) in [5.41, 5.74) is 0.944. The number of benzene rings is 1. The lowest BCUT2D eigenvalue weighted by atomic mass is 10.2. The predicted octanol–water partition coefficient (Wildman–Crippen LogP) is 1.45. The maximum atomic E-state index is 11.7. The molecule has 0 aliphatic carbocycles. The fourth-order valence-electron chi connectivity index (χ4n) is 2.42. The van der Waals surface area contributed by atoms with Crippen molar-refractivity contribution in [1.29, 1.82) is 0 Å². The Hall–Kier alpha value is -0.910. The van der Waals surface area contributed by atoms with Crippen LogP contribution in [0.3, 0.4) is 0 Å². The number of guanidine groups is 1. The van der Waals surface area contributed by atoms with Crippen LogP contribution in [0.5, 0.6) is 0 Å². The predicted molar refractivity (Wildman–Crippen MR) is 110 cm³/mol. The van der Waals surface area contributed by atoms with Gasteiger partial charge in [-0.1, -0.05) is 12.1 Å². The molecule has 0 amide bonds. The third kappa shape index (κ3) is 7.08. The van der Waals surface area contributed by atoms with E-state index in [-0.39, 0.29) is 35.0 Å². The van der Waals surface area contributed by atoms with E-state index >= 15 is 0 Å². The Balaban J connectivity index is 0.00000312. The summed E-state index contributed by atoms with van der Waals surface area (Å²) in [5, 5.41) is 6.48. The first-order chi connectivity index (χ1) is 11.5. The van der Waals surface area contributed by atoms with Crippen LogP contribution in [0.1, 0.15) is 25.3 Å². The molecule has 7 nitrogen and oxygen atoms in total. The highest BCUT2D eigenvalue weighted by Crippen LogP contribution is 2.11. The summed E-state index contributed by atoms with van der Waals surface area (Å²) in [6, 6.07) is 6.72. The molecule has 2 rings (SSSR count). The monoisotopic (exact) mass is 482 g/mol. The molecule has 1 saturated heterocycles. The number of hydrogen-bond acceptors (Lipinski definition) is 4. The largest absolute Gasteiger partial charge is 0.376 e. The van der Waals surface area contributed by atoms with Crippen molar-refractivity contribution in [3.05, 3.63) is 29.8 Å². The summed E-state index contributed by atoms with van der Waals surface area (Å²) in [7, 11) is -2.00. The number of aliphatic imine (C=N–C) groups is 1. The van der Waals surface area contributed by atoms with Gasteiger partial charge in [0.15, 0.2) is 5.96 Å². The van der Waals surface area contributed by atoms with E-state index in [1.807, 2.05) is 6.92 Å². The SMILES string of the molecule is CCNC(=NCc1ccc(S(=O)(=O)NC)cc1)NCC1CCCO1.I. The quantitative estimate of drug-likeness (QED) is 0.311. The molecule has 1 unspecified atom stereocenters. The second-order valence-electron chi connectivity index (χ2n) is 5.56. The molecular weight excluding hydrogens is 455 g/mol. The van der Waals surface area contributed by atoms with Gasteiger partial charge in [0.1, 0.15) is 0 Å². The van der Waals surface area contributed by atoms with E-state index in [4.69, 9.17) is 4.74 Å². The zero-order valence-electron chi connectivity index (χ0n) is 14.6. The van der Waals surface area contributed by atoms with Gasteiger partial charge in [0.05, 0.1) is 17.5 Å². The molecule has 0 bridgehead atoms. The Labute approximate surface area is 167 Å². The summed E-state index contributed by atoms with van der Waals surface area (Å²) < 4.78 is 31.3. The van der Waals surface area contributed by atoms with Crippen molar-refractivity contribution < 1.29 is 13.2 Å². The van der Waals surface area contributed by atoms with Gasteiger partial charge in [-0.2, -0.15) is 0 Å². The maximum Gasteiger partial charge on any atom is 0.240 e. The van der Waals surface area contributed by atoms with Gasteiger partial charge in [-0.05, 0) is 44.5 Å². The summed E-state index contributed by atoms with van der Waals surface area (Å²) in [6.45, 7) is 4.84. The van der Waals surface area contributed by atoms with Crippen LogP contribution in [0.4, 0.5) is 0 Å². The Morgan fingerprint density at radius 1 is 1.28 bits per heavy atom. The van der Waals surface area contributed by atoms with E-state index in [1.54, 1.807) is 24.3 Å². The standard InChI is InChI=1S/C16H26N4O3S.HI/c1-3-18-16(20-12-14-5-4-10-23-14)19-11-13-6-8-15(9-7-13)24(21,22)17-2;/h6-9,14,17H,3-5,10-12H2,1-2H3,(H2,18,19,20);1H. The van der Waals surface area contributed by atoms with Gasteiger partial charge in [-0.15, -0.1) is 24.0 Å². The van der Waals surface area contributed by atoms with Gasteiger partial charge in [-0.3, -0.25) is 0 Å². The van der Waals surface area contributed by atoms with E-state index in [2.05, 4.69) is 20.3 Å². The molecule has 0 saturated carbocycles. The summed E-state index contributed by atoms with van der Waals surface area (Å²) in [5.74, 6) is 0.736. The van der Waals surface area contributed by atoms with Crippen LogP contribution in [0.25, 0.3) is 0 Å². The topological polar surface area (TPSA) is 91.8 Å². The van der Waals surface area contributed by atoms with E-state index in [0.717, 1.165) is 44.1 Å². The summed E-state index contributed by atoms with van der Waals surface area (Å²) >= 11 is 0. The van der Waals surface area contributed by atoms with Crippen molar-refractivity contribution in [1.82, 2.24) is 15.4 Å². The number of sulfonamides is 1. The molecule has 0 spiro atoms. The first kappa shape index (κ1) is 22.1. The number of rotatable bonds is 7. The van der Waals surface area contributed by atoms with Crippen molar-refractivity contribution in [2.45, 2.75) is 37.3 Å². The van der Waals surface area contributed by atoms with Crippen LogP contribution in [0.15, 0.2) is 34.2 Å². The highest BCUT2D eigenvalue weighted by atomic mass is 127. The third-order valence-corrected chi connectivity index (χ3v) is 5.22. The second-order valence-corrected chi connectivity index (χ2v) is 7.45. The molecule has 9 heteroatoms. The van der Waals surface area contributed by atoms with E-state index < -0.39 is 10.0 Å². The Bertz CT molecular complexity index is 644. The lowest BCUT2D eigenvalue weighted by Gasteiger charge is -2.14. The Morgan fingerprint density at radius 3 is 2.56 bits per heavy atom. The van der Waals surface area contributed by atoms with Crippen molar-refractivity contribution in [2.75, 3.05) is 26.7 Å². The fourth-order valence-corrected chi connectivity index (χ4v) is 3.15. The first-order valence-corrected chi connectivity index (χ1v) is 9.69. The highest BCUT2D eigenvalue weighted by molar-refractivity contribution is 14.0. The fraction of sp³-hybridized carbons (Fsp3) is 0.562. The molecule has 1 aromatic rings. The molecular formula is C16H27IN4O3S. The Kier molecular flexibility index (Phi) is 9.69. The molecule has 1 fully saturated rings. The Morgan fingerprint density at radius 2 is 2.00 bits per heavy atom. The van der Waals surface area contributed by atoms with Crippen LogP contribution in [0, 0.1) is 0 Å². The maximum absolute atomic E-state index is 11.7. The number of nitrogens with one attached hydrogen (secondary N) is 3. The van der Waals surface area contributed by atoms with Crippen LogP contribution in [0.2, 0.25) is 0 Å². The van der Waals surface area contributed by atoms with E-state index in [0.29, 0.717) is 6.54 Å². The normalized spacial score (nSPS) is 17.8. The third-order valence-electron chi connectivity index (χ3n) is 3.79. The van der Waals surface area contributed by atoms with Crippen LogP contribution in [-0.4, -0.2) is 47.2 Å². The van der Waals surface area contributed by atoms with Crippen molar-refractivity contribution >= 4 is 40.0 Å². The molecule has 3 N–H and O–H groups in total. The van der Waals surface area contributed by atoms with Gasteiger partial charge in [0.2, 0.25) is 10.0 Å². The zero-order valence-corrected chi connectivity index (χ0v) is 17.8. The lowest BCUT2D eigenvalue weighted by Crippen LogP contribution is -2.41. The van der Waals surface area contributed by atoms with Gasteiger partial charge in [0.25, 0.3) is 0 Å².